The molecule has 0 unspecified atom stereocenters. The lowest BCUT2D eigenvalue weighted by Gasteiger charge is -2.05. The van der Waals surface area contributed by atoms with Crippen molar-refractivity contribution in [2.24, 2.45) is 0 Å². The van der Waals surface area contributed by atoms with E-state index >= 15 is 0 Å². The fourth-order valence-corrected chi connectivity index (χ4v) is 1.78. The molecule has 1 heterocycles. The molecule has 6 heteroatoms. The minimum atomic E-state index is -3.40. The number of nitrogens with zero attached hydrogens (tertiary/aromatic N) is 1. The Kier molecular flexibility index (Phi) is 2.85. The molecule has 0 fully saturated rings. The number of hydrogen-bond donors (Lipinski definition) is 0. The lowest BCUT2D eigenvalue weighted by Crippen LogP contribution is -2.03. The van der Waals surface area contributed by atoms with Crippen LogP contribution in [-0.2, 0) is 9.84 Å². The van der Waals surface area contributed by atoms with Crippen LogP contribution in [0.15, 0.2) is 17.2 Å². The third-order valence-electron chi connectivity index (χ3n) is 1.59. The summed E-state index contributed by atoms with van der Waals surface area (Å²) in [7, 11) is -2.06. The number of sulfone groups is 1. The van der Waals surface area contributed by atoms with Gasteiger partial charge in [-0.05, 0) is 6.07 Å². The van der Waals surface area contributed by atoms with Crippen LogP contribution in [0.4, 0.5) is 0 Å². The van der Waals surface area contributed by atoms with Crippen molar-refractivity contribution in [3.63, 3.8) is 0 Å². The summed E-state index contributed by atoms with van der Waals surface area (Å²) in [6, 6.07) is 1.18. The number of carbonyl (C=O) groups excluding carboxylic acids is 1. The van der Waals surface area contributed by atoms with Gasteiger partial charge in [-0.15, -0.1) is 0 Å². The second-order valence-electron chi connectivity index (χ2n) is 2.65. The molecule has 0 aliphatic carbocycles. The summed E-state index contributed by atoms with van der Waals surface area (Å²) >= 11 is 0. The van der Waals surface area contributed by atoms with Crippen molar-refractivity contribution < 1.29 is 17.9 Å². The van der Waals surface area contributed by atoms with Gasteiger partial charge in [0.15, 0.2) is 21.9 Å². The molecule has 0 saturated carbocycles. The van der Waals surface area contributed by atoms with Crippen LogP contribution in [0.3, 0.4) is 0 Å². The summed E-state index contributed by atoms with van der Waals surface area (Å²) in [5.74, 6) is 0.137. The standard InChI is InChI=1S/C8H9NO4S/c1-13-7-4-9-6(5-10)3-8(7)14(2,11)12/h3-5H,1-2H3. The van der Waals surface area contributed by atoms with Gasteiger partial charge in [-0.1, -0.05) is 0 Å². The molecular formula is C8H9NO4S. The van der Waals surface area contributed by atoms with Gasteiger partial charge in [-0.2, -0.15) is 0 Å². The molecule has 5 nitrogen and oxygen atoms in total. The largest absolute Gasteiger partial charge is 0.494 e. The molecule has 0 aromatic carbocycles. The average molecular weight is 215 g/mol. The highest BCUT2D eigenvalue weighted by Crippen LogP contribution is 2.22. The Bertz CT molecular complexity index is 452. The first-order valence-corrected chi connectivity index (χ1v) is 5.57. The van der Waals surface area contributed by atoms with Gasteiger partial charge in [0.2, 0.25) is 0 Å². The van der Waals surface area contributed by atoms with Crippen LogP contribution in [0.1, 0.15) is 10.5 Å². The summed E-state index contributed by atoms with van der Waals surface area (Å²) in [5.41, 5.74) is 0.0613. The zero-order valence-corrected chi connectivity index (χ0v) is 8.54. The summed E-state index contributed by atoms with van der Waals surface area (Å²) in [5, 5.41) is 0. The first kappa shape index (κ1) is 10.6. The number of rotatable bonds is 3. The second-order valence-corrected chi connectivity index (χ2v) is 4.63. The van der Waals surface area contributed by atoms with Gasteiger partial charge in [0.05, 0.1) is 13.3 Å². The van der Waals surface area contributed by atoms with Crippen LogP contribution in [0.25, 0.3) is 0 Å². The molecule has 1 aromatic heterocycles. The summed E-state index contributed by atoms with van der Waals surface area (Å²) in [6.45, 7) is 0. The van der Waals surface area contributed by atoms with Crippen LogP contribution in [0.2, 0.25) is 0 Å². The average Bonchev–Trinajstić information content (AvgIpc) is 2.15. The number of aromatic nitrogens is 1. The van der Waals surface area contributed by atoms with Gasteiger partial charge in [0.1, 0.15) is 10.6 Å². The Balaban J connectivity index is 3.44. The van der Waals surface area contributed by atoms with Gasteiger partial charge in [0, 0.05) is 6.26 Å². The van der Waals surface area contributed by atoms with E-state index in [4.69, 9.17) is 4.74 Å². The molecule has 1 aromatic rings. The van der Waals surface area contributed by atoms with Crippen LogP contribution in [0, 0.1) is 0 Å². The smallest absolute Gasteiger partial charge is 0.179 e. The molecule has 1 rings (SSSR count). The lowest BCUT2D eigenvalue weighted by atomic mass is 10.3. The molecule has 0 amide bonds. The number of hydrogen-bond acceptors (Lipinski definition) is 5. The van der Waals surface area contributed by atoms with E-state index in [0.29, 0.717) is 6.29 Å². The quantitative estimate of drug-likeness (QED) is 0.678. The van der Waals surface area contributed by atoms with E-state index < -0.39 is 9.84 Å². The van der Waals surface area contributed by atoms with Gasteiger partial charge in [0.25, 0.3) is 0 Å². The maximum Gasteiger partial charge on any atom is 0.179 e. The molecule has 0 aliphatic rings. The van der Waals surface area contributed by atoms with E-state index in [-0.39, 0.29) is 16.3 Å². The zero-order chi connectivity index (χ0) is 10.8. The van der Waals surface area contributed by atoms with Crippen molar-refractivity contribution in [1.29, 1.82) is 0 Å². The fraction of sp³-hybridized carbons (Fsp3) is 0.250. The lowest BCUT2D eigenvalue weighted by molar-refractivity contribution is 0.111. The predicted molar refractivity (Wildman–Crippen MR) is 49.3 cm³/mol. The molecular weight excluding hydrogens is 206 g/mol. The van der Waals surface area contributed by atoms with Crippen LogP contribution < -0.4 is 4.74 Å². The zero-order valence-electron chi connectivity index (χ0n) is 7.72. The summed E-state index contributed by atoms with van der Waals surface area (Å²) in [6.07, 6.45) is 2.73. The third-order valence-corrected chi connectivity index (χ3v) is 2.71. The molecule has 0 N–H and O–H groups in total. The molecule has 0 aliphatic heterocycles. The van der Waals surface area contributed by atoms with E-state index in [1.54, 1.807) is 0 Å². The monoisotopic (exact) mass is 215 g/mol. The number of carbonyl (C=O) groups is 1. The Labute approximate surface area is 81.6 Å². The maximum absolute atomic E-state index is 11.3. The van der Waals surface area contributed by atoms with Crippen LogP contribution in [-0.4, -0.2) is 33.1 Å². The minimum Gasteiger partial charge on any atom is -0.494 e. The van der Waals surface area contributed by atoms with Crippen molar-refractivity contribution in [3.05, 3.63) is 18.0 Å². The highest BCUT2D eigenvalue weighted by Gasteiger charge is 2.15. The summed E-state index contributed by atoms with van der Waals surface area (Å²) < 4.78 is 27.3. The van der Waals surface area contributed by atoms with E-state index in [0.717, 1.165) is 6.26 Å². The van der Waals surface area contributed by atoms with Crippen molar-refractivity contribution in [1.82, 2.24) is 4.98 Å². The topological polar surface area (TPSA) is 73.3 Å². The number of pyridine rings is 1. The number of ether oxygens (including phenoxy) is 1. The van der Waals surface area contributed by atoms with Gasteiger partial charge in [-0.3, -0.25) is 4.79 Å². The maximum atomic E-state index is 11.3. The van der Waals surface area contributed by atoms with Crippen LogP contribution >= 0.6 is 0 Å². The highest BCUT2D eigenvalue weighted by atomic mass is 32.2. The number of methoxy groups -OCH3 is 1. The van der Waals surface area contributed by atoms with Gasteiger partial charge in [-0.25, -0.2) is 13.4 Å². The third kappa shape index (κ3) is 2.08. The first-order chi connectivity index (χ1) is 6.49. The Morgan fingerprint density at radius 1 is 1.50 bits per heavy atom. The van der Waals surface area contributed by atoms with E-state index in [9.17, 15) is 13.2 Å². The fourth-order valence-electron chi connectivity index (χ4n) is 0.947. The van der Waals surface area contributed by atoms with E-state index in [1.165, 1.54) is 19.4 Å². The molecule has 76 valence electrons. The first-order valence-electron chi connectivity index (χ1n) is 3.68. The van der Waals surface area contributed by atoms with E-state index in [2.05, 4.69) is 4.98 Å². The second kappa shape index (κ2) is 3.75. The van der Waals surface area contributed by atoms with Gasteiger partial charge < -0.3 is 4.74 Å². The normalized spacial score (nSPS) is 11.0. The van der Waals surface area contributed by atoms with Gasteiger partial charge >= 0.3 is 0 Å². The van der Waals surface area contributed by atoms with E-state index in [1.807, 2.05) is 0 Å². The van der Waals surface area contributed by atoms with Crippen molar-refractivity contribution in [2.75, 3.05) is 13.4 Å². The predicted octanol–water partition coefficient (Wildman–Crippen LogP) is 0.306. The molecule has 14 heavy (non-hydrogen) atoms. The SMILES string of the molecule is COc1cnc(C=O)cc1S(C)(=O)=O. The molecule has 0 bridgehead atoms. The summed E-state index contributed by atoms with van der Waals surface area (Å²) in [4.78, 5) is 14.0. The molecule has 0 radical (unpaired) electrons. The molecule has 0 atom stereocenters. The number of aldehydes is 1. The van der Waals surface area contributed by atoms with Crippen molar-refractivity contribution in [2.45, 2.75) is 4.90 Å². The van der Waals surface area contributed by atoms with Crippen molar-refractivity contribution in [3.8, 4) is 5.75 Å². The Hall–Kier alpha value is -1.43. The Morgan fingerprint density at radius 3 is 2.57 bits per heavy atom. The highest BCUT2D eigenvalue weighted by molar-refractivity contribution is 7.90. The Morgan fingerprint density at radius 2 is 2.14 bits per heavy atom. The van der Waals surface area contributed by atoms with Crippen LogP contribution in [0.5, 0.6) is 5.75 Å². The minimum absolute atomic E-state index is 0.0305. The molecule has 0 spiro atoms. The van der Waals surface area contributed by atoms with Crippen molar-refractivity contribution >= 4 is 16.1 Å². The molecule has 0 saturated heterocycles.